The maximum atomic E-state index is 13.2. The second kappa shape index (κ2) is 8.76. The molecular weight excluding hydrogens is 320 g/mol. The number of carbonyl (C=O) groups is 1. The van der Waals surface area contributed by atoms with Crippen molar-refractivity contribution in [2.45, 2.75) is 25.0 Å². The van der Waals surface area contributed by atoms with Crippen LogP contribution < -0.4 is 0 Å². The van der Waals surface area contributed by atoms with Crippen LogP contribution in [0.5, 0.6) is 0 Å². The predicted molar refractivity (Wildman–Crippen MR) is 94.0 cm³/mol. The highest BCUT2D eigenvalue weighted by Crippen LogP contribution is 2.32. The first-order chi connectivity index (χ1) is 12.2. The maximum Gasteiger partial charge on any atom is 0.226 e. The number of amides is 1. The van der Waals surface area contributed by atoms with Crippen LogP contribution in [0.4, 0.5) is 0 Å². The molecule has 3 rings (SSSR count). The molecule has 138 valence electrons. The van der Waals surface area contributed by atoms with Gasteiger partial charge in [-0.15, -0.1) is 0 Å². The highest BCUT2D eigenvalue weighted by molar-refractivity contribution is 5.79. The smallest absolute Gasteiger partial charge is 0.226 e. The molecule has 0 radical (unpaired) electrons. The van der Waals surface area contributed by atoms with Gasteiger partial charge in [0, 0.05) is 19.0 Å². The Kier molecular flexibility index (Phi) is 6.42. The Morgan fingerprint density at radius 1 is 1.12 bits per heavy atom. The number of β-amino-alcohol motifs (C(OH)–C–C–N with tert-alkyl or cyclic N) is 1. The fourth-order valence-corrected chi connectivity index (χ4v) is 3.96. The van der Waals surface area contributed by atoms with Gasteiger partial charge >= 0.3 is 0 Å². The molecule has 2 fully saturated rings. The Hall–Kier alpha value is -1.47. The molecule has 1 aromatic carbocycles. The van der Waals surface area contributed by atoms with E-state index in [1.807, 2.05) is 35.2 Å². The fourth-order valence-electron chi connectivity index (χ4n) is 3.96. The van der Waals surface area contributed by atoms with Crippen molar-refractivity contribution in [3.63, 3.8) is 0 Å². The van der Waals surface area contributed by atoms with Crippen molar-refractivity contribution in [2.75, 3.05) is 46.0 Å². The minimum Gasteiger partial charge on any atom is -0.395 e. The zero-order chi connectivity index (χ0) is 17.6. The van der Waals surface area contributed by atoms with E-state index in [1.54, 1.807) is 0 Å². The average molecular weight is 348 g/mol. The summed E-state index contributed by atoms with van der Waals surface area (Å²) in [7, 11) is 0. The van der Waals surface area contributed by atoms with E-state index in [2.05, 4.69) is 4.90 Å². The molecular formula is C19H28N2O4. The molecule has 2 saturated heterocycles. The Morgan fingerprint density at radius 3 is 2.48 bits per heavy atom. The second-order valence-corrected chi connectivity index (χ2v) is 6.82. The number of nitrogens with zero attached hydrogens (tertiary/aromatic N) is 2. The number of likely N-dealkylation sites (tertiary alicyclic amines) is 1. The number of aliphatic hydroxyl groups is 2. The molecule has 2 aliphatic rings. The summed E-state index contributed by atoms with van der Waals surface area (Å²) in [5.74, 6) is 0.179. The van der Waals surface area contributed by atoms with Crippen molar-refractivity contribution < 1.29 is 19.7 Å². The van der Waals surface area contributed by atoms with Gasteiger partial charge in [-0.25, -0.2) is 0 Å². The topological polar surface area (TPSA) is 73.2 Å². The quantitative estimate of drug-likeness (QED) is 0.817. The number of ether oxygens (including phenoxy) is 1. The fraction of sp³-hybridized carbons (Fsp3) is 0.632. The van der Waals surface area contributed by atoms with E-state index < -0.39 is 0 Å². The van der Waals surface area contributed by atoms with Crippen molar-refractivity contribution in [1.29, 1.82) is 0 Å². The predicted octanol–water partition coefficient (Wildman–Crippen LogP) is 0.652. The second-order valence-electron chi connectivity index (χ2n) is 6.82. The Balaban J connectivity index is 1.73. The molecule has 2 heterocycles. The summed E-state index contributed by atoms with van der Waals surface area (Å²) in [6.07, 6.45) is 1.26. The number of carbonyl (C=O) groups excluding carboxylic acids is 1. The van der Waals surface area contributed by atoms with Gasteiger partial charge < -0.3 is 24.7 Å². The first kappa shape index (κ1) is 18.3. The van der Waals surface area contributed by atoms with Crippen LogP contribution in [-0.4, -0.2) is 78.0 Å². The van der Waals surface area contributed by atoms with Crippen LogP contribution in [0.1, 0.15) is 24.4 Å². The summed E-state index contributed by atoms with van der Waals surface area (Å²) in [5, 5.41) is 18.8. The molecule has 25 heavy (non-hydrogen) atoms. The zero-order valence-corrected chi connectivity index (χ0v) is 14.6. The van der Waals surface area contributed by atoms with E-state index in [-0.39, 0.29) is 37.2 Å². The first-order valence-corrected chi connectivity index (χ1v) is 9.15. The van der Waals surface area contributed by atoms with E-state index in [0.29, 0.717) is 19.7 Å². The summed E-state index contributed by atoms with van der Waals surface area (Å²) in [4.78, 5) is 17.3. The lowest BCUT2D eigenvalue weighted by Gasteiger charge is -2.43. The molecule has 1 amide bonds. The minimum absolute atomic E-state index is 0.0126. The molecule has 2 atom stereocenters. The summed E-state index contributed by atoms with van der Waals surface area (Å²) in [6, 6.07) is 9.61. The van der Waals surface area contributed by atoms with Crippen molar-refractivity contribution in [2.24, 2.45) is 5.92 Å². The summed E-state index contributed by atoms with van der Waals surface area (Å²) in [6.45, 7) is 3.46. The monoisotopic (exact) mass is 348 g/mol. The maximum absolute atomic E-state index is 13.2. The van der Waals surface area contributed by atoms with Crippen LogP contribution in [-0.2, 0) is 9.53 Å². The van der Waals surface area contributed by atoms with Crippen molar-refractivity contribution in [1.82, 2.24) is 9.80 Å². The van der Waals surface area contributed by atoms with E-state index in [9.17, 15) is 9.90 Å². The van der Waals surface area contributed by atoms with Gasteiger partial charge in [0.25, 0.3) is 0 Å². The number of aliphatic hydroxyl groups excluding tert-OH is 2. The van der Waals surface area contributed by atoms with Gasteiger partial charge in [-0.1, -0.05) is 30.3 Å². The molecule has 2 aliphatic heterocycles. The van der Waals surface area contributed by atoms with Gasteiger partial charge in [0.05, 0.1) is 25.9 Å². The van der Waals surface area contributed by atoms with E-state index >= 15 is 0 Å². The molecule has 1 aromatic rings. The number of hydrogen-bond donors (Lipinski definition) is 2. The van der Waals surface area contributed by atoms with Gasteiger partial charge in [0.15, 0.2) is 0 Å². The van der Waals surface area contributed by atoms with Crippen molar-refractivity contribution in [3.05, 3.63) is 35.9 Å². The van der Waals surface area contributed by atoms with Gasteiger partial charge in [0.2, 0.25) is 5.91 Å². The third-order valence-corrected chi connectivity index (χ3v) is 5.31. The molecule has 6 nitrogen and oxygen atoms in total. The van der Waals surface area contributed by atoms with Crippen LogP contribution in [0.3, 0.4) is 0 Å². The third kappa shape index (κ3) is 4.20. The van der Waals surface area contributed by atoms with E-state index in [4.69, 9.17) is 9.84 Å². The average Bonchev–Trinajstić information content (AvgIpc) is 2.68. The van der Waals surface area contributed by atoms with Gasteiger partial charge in [0.1, 0.15) is 6.10 Å². The molecule has 0 spiro atoms. The highest BCUT2D eigenvalue weighted by Gasteiger charge is 2.39. The van der Waals surface area contributed by atoms with Crippen LogP contribution in [0.2, 0.25) is 0 Å². The van der Waals surface area contributed by atoms with Gasteiger partial charge in [-0.2, -0.15) is 0 Å². The molecule has 0 aromatic heterocycles. The standard InChI is InChI=1S/C19H28N2O4/c22-12-10-20-8-6-16(7-9-20)19(24)21-11-13-25-17(14-23)18(21)15-4-2-1-3-5-15/h1-5,16-18,22-23H,6-14H2/t17-,18-/m1/s1. The highest BCUT2D eigenvalue weighted by atomic mass is 16.5. The normalized spacial score (nSPS) is 25.9. The SMILES string of the molecule is O=C(C1CCN(CCO)CC1)N1CCO[C@H](CO)[C@H]1c1ccccc1. The summed E-state index contributed by atoms with van der Waals surface area (Å²) in [5.41, 5.74) is 1.01. The number of morpholine rings is 1. The summed E-state index contributed by atoms with van der Waals surface area (Å²) >= 11 is 0. The van der Waals surface area contributed by atoms with Crippen LogP contribution >= 0.6 is 0 Å². The zero-order valence-electron chi connectivity index (χ0n) is 14.6. The van der Waals surface area contributed by atoms with Crippen LogP contribution in [0.25, 0.3) is 0 Å². The van der Waals surface area contributed by atoms with E-state index in [1.165, 1.54) is 0 Å². The molecule has 0 bridgehead atoms. The third-order valence-electron chi connectivity index (χ3n) is 5.31. The molecule has 0 unspecified atom stereocenters. The van der Waals surface area contributed by atoms with Crippen LogP contribution in [0, 0.1) is 5.92 Å². The van der Waals surface area contributed by atoms with E-state index in [0.717, 1.165) is 31.5 Å². The van der Waals surface area contributed by atoms with Crippen molar-refractivity contribution in [3.8, 4) is 0 Å². The first-order valence-electron chi connectivity index (χ1n) is 9.15. The van der Waals surface area contributed by atoms with Gasteiger partial charge in [-0.05, 0) is 31.5 Å². The molecule has 6 heteroatoms. The molecule has 2 N–H and O–H groups in total. The number of rotatable bonds is 5. The largest absolute Gasteiger partial charge is 0.395 e. The lowest BCUT2D eigenvalue weighted by Crippen LogP contribution is -2.52. The lowest BCUT2D eigenvalue weighted by atomic mass is 9.92. The number of piperidine rings is 1. The molecule has 0 saturated carbocycles. The number of benzene rings is 1. The van der Waals surface area contributed by atoms with Crippen molar-refractivity contribution >= 4 is 5.91 Å². The Bertz CT molecular complexity index is 546. The Labute approximate surface area is 149 Å². The number of hydrogen-bond acceptors (Lipinski definition) is 5. The van der Waals surface area contributed by atoms with Crippen LogP contribution in [0.15, 0.2) is 30.3 Å². The van der Waals surface area contributed by atoms with Gasteiger partial charge in [-0.3, -0.25) is 4.79 Å². The minimum atomic E-state index is -0.380. The lowest BCUT2D eigenvalue weighted by molar-refractivity contribution is -0.155. The summed E-state index contributed by atoms with van der Waals surface area (Å²) < 4.78 is 5.73. The molecule has 0 aliphatic carbocycles. The Morgan fingerprint density at radius 2 is 1.84 bits per heavy atom.